The predicted octanol–water partition coefficient (Wildman–Crippen LogP) is 2.36. The number of thiazole rings is 1. The van der Waals surface area contributed by atoms with E-state index in [2.05, 4.69) is 10.3 Å². The third-order valence-corrected chi connectivity index (χ3v) is 3.31. The van der Waals surface area contributed by atoms with Gasteiger partial charge in [-0.25, -0.2) is 4.98 Å². The summed E-state index contributed by atoms with van der Waals surface area (Å²) in [6.45, 7) is 9.01. The lowest BCUT2D eigenvalue weighted by Crippen LogP contribution is -2.28. The first-order valence-electron chi connectivity index (χ1n) is 5.85. The van der Waals surface area contributed by atoms with Gasteiger partial charge in [-0.3, -0.25) is 4.79 Å². The molecule has 0 aliphatic carbocycles. The van der Waals surface area contributed by atoms with Crippen molar-refractivity contribution in [3.05, 3.63) is 15.6 Å². The first-order valence-corrected chi connectivity index (χ1v) is 6.67. The average Bonchev–Trinajstić information content (AvgIpc) is 2.58. The zero-order valence-corrected chi connectivity index (χ0v) is 11.7. The third-order valence-electron chi connectivity index (χ3n) is 2.40. The van der Waals surface area contributed by atoms with Gasteiger partial charge in [0.1, 0.15) is 0 Å². The number of nitrogens with zero attached hydrogens (tertiary/aromatic N) is 1. The fourth-order valence-electron chi connectivity index (χ4n) is 1.64. The average molecular weight is 256 g/mol. The maximum absolute atomic E-state index is 11.6. The molecule has 1 amide bonds. The summed E-state index contributed by atoms with van der Waals surface area (Å²) in [6, 6.07) is -0.0333. The Balaban J connectivity index is 2.46. The Hall–Kier alpha value is -0.940. The van der Waals surface area contributed by atoms with E-state index in [0.717, 1.165) is 10.7 Å². The Kier molecular flexibility index (Phi) is 5.58. The molecule has 0 aliphatic heterocycles. The van der Waals surface area contributed by atoms with Gasteiger partial charge in [0.25, 0.3) is 0 Å². The third kappa shape index (κ3) is 4.44. The van der Waals surface area contributed by atoms with Crippen molar-refractivity contribution in [2.45, 2.75) is 40.2 Å². The fourth-order valence-corrected chi connectivity index (χ4v) is 2.55. The maximum Gasteiger partial charge on any atom is 0.222 e. The summed E-state index contributed by atoms with van der Waals surface area (Å²) in [5.74, 6) is 0.0102. The van der Waals surface area contributed by atoms with Crippen LogP contribution < -0.4 is 5.32 Å². The molecule has 0 aliphatic rings. The molecule has 17 heavy (non-hydrogen) atoms. The second-order valence-corrected chi connectivity index (χ2v) is 5.32. The van der Waals surface area contributed by atoms with Crippen molar-refractivity contribution in [1.82, 2.24) is 10.3 Å². The molecular formula is C12H20N2O2S. The maximum atomic E-state index is 11.6. The molecule has 0 radical (unpaired) electrons. The van der Waals surface area contributed by atoms with E-state index in [-0.39, 0.29) is 11.9 Å². The summed E-state index contributed by atoms with van der Waals surface area (Å²) in [7, 11) is 0. The number of aromatic nitrogens is 1. The van der Waals surface area contributed by atoms with Crippen LogP contribution in [0.2, 0.25) is 0 Å². The van der Waals surface area contributed by atoms with E-state index >= 15 is 0 Å². The van der Waals surface area contributed by atoms with Crippen LogP contribution in [0.1, 0.15) is 41.9 Å². The van der Waals surface area contributed by atoms with Crippen LogP contribution in [0.5, 0.6) is 0 Å². The van der Waals surface area contributed by atoms with Gasteiger partial charge in [-0.05, 0) is 27.7 Å². The van der Waals surface area contributed by atoms with Crippen molar-refractivity contribution in [3.63, 3.8) is 0 Å². The zero-order chi connectivity index (χ0) is 12.8. The Morgan fingerprint density at radius 1 is 1.53 bits per heavy atom. The number of aryl methyl sites for hydroxylation is 2. The number of carbonyl (C=O) groups excluding carboxylic acids is 1. The van der Waals surface area contributed by atoms with Crippen LogP contribution >= 0.6 is 11.3 Å². The minimum atomic E-state index is -0.0333. The smallest absolute Gasteiger partial charge is 0.222 e. The van der Waals surface area contributed by atoms with Gasteiger partial charge in [0, 0.05) is 17.9 Å². The van der Waals surface area contributed by atoms with Crippen LogP contribution in [0, 0.1) is 13.8 Å². The number of carbonyl (C=O) groups is 1. The van der Waals surface area contributed by atoms with Crippen molar-refractivity contribution in [1.29, 1.82) is 0 Å². The summed E-state index contributed by atoms with van der Waals surface area (Å²) >= 11 is 1.66. The molecule has 5 heteroatoms. The topological polar surface area (TPSA) is 51.2 Å². The van der Waals surface area contributed by atoms with E-state index in [4.69, 9.17) is 4.74 Å². The van der Waals surface area contributed by atoms with Crippen molar-refractivity contribution >= 4 is 17.2 Å². The number of hydrogen-bond donors (Lipinski definition) is 1. The molecule has 0 aromatic carbocycles. The first kappa shape index (κ1) is 14.1. The van der Waals surface area contributed by atoms with Crippen LogP contribution in [0.3, 0.4) is 0 Å². The van der Waals surface area contributed by atoms with Crippen molar-refractivity contribution < 1.29 is 9.53 Å². The number of hydrogen-bond acceptors (Lipinski definition) is 4. The highest BCUT2D eigenvalue weighted by Crippen LogP contribution is 2.22. The van der Waals surface area contributed by atoms with Crippen LogP contribution in [-0.2, 0) is 9.53 Å². The largest absolute Gasteiger partial charge is 0.381 e. The Labute approximate surface area is 106 Å². The molecule has 4 nitrogen and oxygen atoms in total. The van der Waals surface area contributed by atoms with E-state index in [9.17, 15) is 4.79 Å². The first-order chi connectivity index (χ1) is 8.04. The van der Waals surface area contributed by atoms with E-state index < -0.39 is 0 Å². The van der Waals surface area contributed by atoms with Crippen LogP contribution in [0.25, 0.3) is 0 Å². The van der Waals surface area contributed by atoms with Gasteiger partial charge in [0.05, 0.1) is 23.4 Å². The van der Waals surface area contributed by atoms with Gasteiger partial charge < -0.3 is 10.1 Å². The highest BCUT2D eigenvalue weighted by molar-refractivity contribution is 7.11. The molecule has 0 saturated heterocycles. The lowest BCUT2D eigenvalue weighted by molar-refractivity contribution is -0.122. The molecular weight excluding hydrogens is 236 g/mol. The molecule has 1 aromatic rings. The van der Waals surface area contributed by atoms with Crippen LogP contribution in [0.4, 0.5) is 0 Å². The van der Waals surface area contributed by atoms with E-state index in [0.29, 0.717) is 19.6 Å². The minimum Gasteiger partial charge on any atom is -0.381 e. The van der Waals surface area contributed by atoms with Crippen molar-refractivity contribution in [3.8, 4) is 0 Å². The lowest BCUT2D eigenvalue weighted by atomic mass is 10.2. The van der Waals surface area contributed by atoms with E-state index in [1.54, 1.807) is 11.3 Å². The Bertz CT molecular complexity index is 377. The van der Waals surface area contributed by atoms with Gasteiger partial charge in [-0.15, -0.1) is 11.3 Å². The molecule has 1 atom stereocenters. The molecule has 1 heterocycles. The molecule has 1 rings (SSSR count). The molecule has 1 aromatic heterocycles. The number of ether oxygens (including phenoxy) is 1. The number of nitrogens with one attached hydrogen (secondary N) is 1. The summed E-state index contributed by atoms with van der Waals surface area (Å²) in [5.41, 5.74) is 0.970. The van der Waals surface area contributed by atoms with E-state index in [1.807, 2.05) is 27.7 Å². The zero-order valence-electron chi connectivity index (χ0n) is 10.9. The summed E-state index contributed by atoms with van der Waals surface area (Å²) < 4.78 is 5.14. The second-order valence-electron chi connectivity index (χ2n) is 3.91. The molecule has 96 valence electrons. The molecule has 1 N–H and O–H groups in total. The number of amides is 1. The Morgan fingerprint density at radius 3 is 2.76 bits per heavy atom. The monoisotopic (exact) mass is 256 g/mol. The summed E-state index contributed by atoms with van der Waals surface area (Å²) in [4.78, 5) is 17.2. The van der Waals surface area contributed by atoms with Gasteiger partial charge in [-0.2, -0.15) is 0 Å². The van der Waals surface area contributed by atoms with Gasteiger partial charge in [0.2, 0.25) is 5.91 Å². The van der Waals surface area contributed by atoms with Crippen LogP contribution in [0.15, 0.2) is 0 Å². The predicted molar refractivity (Wildman–Crippen MR) is 69.3 cm³/mol. The molecule has 0 unspecified atom stereocenters. The standard InChI is InChI=1S/C12H20N2O2S/c1-5-16-7-6-11(15)13-8(2)12-9(3)17-10(4)14-12/h8H,5-7H2,1-4H3,(H,13,15)/t8-/m1/s1. The fraction of sp³-hybridized carbons (Fsp3) is 0.667. The van der Waals surface area contributed by atoms with E-state index in [1.165, 1.54) is 4.88 Å². The highest BCUT2D eigenvalue weighted by Gasteiger charge is 2.15. The van der Waals surface area contributed by atoms with Crippen molar-refractivity contribution in [2.75, 3.05) is 13.2 Å². The van der Waals surface area contributed by atoms with Gasteiger partial charge in [0.15, 0.2) is 0 Å². The normalized spacial score (nSPS) is 12.5. The quantitative estimate of drug-likeness (QED) is 0.795. The van der Waals surface area contributed by atoms with Crippen molar-refractivity contribution in [2.24, 2.45) is 0 Å². The molecule has 0 bridgehead atoms. The SMILES string of the molecule is CCOCCC(=O)N[C@H](C)c1nc(C)sc1C. The molecule has 0 saturated carbocycles. The summed E-state index contributed by atoms with van der Waals surface area (Å²) in [6.07, 6.45) is 0.403. The molecule has 0 spiro atoms. The number of rotatable bonds is 6. The van der Waals surface area contributed by atoms with Crippen LogP contribution in [-0.4, -0.2) is 24.1 Å². The Morgan fingerprint density at radius 2 is 2.24 bits per heavy atom. The second kappa shape index (κ2) is 6.71. The minimum absolute atomic E-state index is 0.0102. The highest BCUT2D eigenvalue weighted by atomic mass is 32.1. The lowest BCUT2D eigenvalue weighted by Gasteiger charge is -2.12. The van der Waals surface area contributed by atoms with Gasteiger partial charge >= 0.3 is 0 Å². The summed E-state index contributed by atoms with van der Waals surface area (Å²) in [5, 5.41) is 3.97. The van der Waals surface area contributed by atoms with Gasteiger partial charge in [-0.1, -0.05) is 0 Å². The molecule has 0 fully saturated rings.